The lowest BCUT2D eigenvalue weighted by atomic mass is 10.3. The highest BCUT2D eigenvalue weighted by Crippen LogP contribution is 2.23. The van der Waals surface area contributed by atoms with E-state index >= 15 is 0 Å². The van der Waals surface area contributed by atoms with Gasteiger partial charge in [-0.05, 0) is 31.2 Å². The molecule has 0 unspecified atom stereocenters. The smallest absolute Gasteiger partial charge is 0.242 e. The van der Waals surface area contributed by atoms with Gasteiger partial charge in [0.25, 0.3) is 0 Å². The van der Waals surface area contributed by atoms with Crippen molar-refractivity contribution in [2.45, 2.75) is 16.2 Å². The molecule has 0 N–H and O–H groups in total. The molecule has 2 aromatic rings. The first kappa shape index (κ1) is 17.3. The number of benzene rings is 1. The number of aromatic nitrogens is 1. The molecule has 1 aromatic carbocycles. The molecule has 0 fully saturated rings. The van der Waals surface area contributed by atoms with Gasteiger partial charge in [-0.25, -0.2) is 17.7 Å². The van der Waals surface area contributed by atoms with Gasteiger partial charge >= 0.3 is 0 Å². The first-order valence-corrected chi connectivity index (χ1v) is 9.90. The van der Waals surface area contributed by atoms with E-state index in [9.17, 15) is 8.42 Å². The van der Waals surface area contributed by atoms with Crippen molar-refractivity contribution in [1.29, 1.82) is 0 Å². The van der Waals surface area contributed by atoms with Gasteiger partial charge in [-0.15, -0.1) is 11.3 Å². The summed E-state index contributed by atoms with van der Waals surface area (Å²) in [6.07, 6.45) is 0. The van der Waals surface area contributed by atoms with Gasteiger partial charge in [0.15, 0.2) is 0 Å². The number of hydrogen-bond donors (Lipinski definition) is 0. The molecule has 0 atom stereocenters. The minimum absolute atomic E-state index is 0.262. The second kappa shape index (κ2) is 7.45. The van der Waals surface area contributed by atoms with Crippen LogP contribution in [0.2, 0.25) is 0 Å². The fourth-order valence-corrected chi connectivity index (χ4v) is 4.24. The fraction of sp³-hybridized carbons (Fsp3) is 0.357. The van der Waals surface area contributed by atoms with Gasteiger partial charge in [0.1, 0.15) is 10.1 Å². The van der Waals surface area contributed by atoms with Crippen molar-refractivity contribution >= 4 is 33.1 Å². The van der Waals surface area contributed by atoms with Crippen LogP contribution in [-0.2, 0) is 10.0 Å². The van der Waals surface area contributed by atoms with E-state index in [-0.39, 0.29) is 4.90 Å². The van der Waals surface area contributed by atoms with Gasteiger partial charge in [0, 0.05) is 30.9 Å². The van der Waals surface area contributed by atoms with Crippen molar-refractivity contribution in [3.8, 4) is 5.75 Å². The molecule has 0 bridgehead atoms. The largest absolute Gasteiger partial charge is 0.493 e. The highest BCUT2D eigenvalue weighted by atomic mass is 32.2. The van der Waals surface area contributed by atoms with Crippen molar-refractivity contribution in [1.82, 2.24) is 9.29 Å². The van der Waals surface area contributed by atoms with Crippen LogP contribution in [-0.4, -0.2) is 44.2 Å². The maximum Gasteiger partial charge on any atom is 0.242 e. The number of hydrogen-bond acceptors (Lipinski definition) is 6. The Balaban J connectivity index is 1.84. The minimum atomic E-state index is -3.39. The van der Waals surface area contributed by atoms with Gasteiger partial charge in [0.05, 0.1) is 11.5 Å². The maximum absolute atomic E-state index is 11.9. The maximum atomic E-state index is 11.9. The summed E-state index contributed by atoms with van der Waals surface area (Å²) in [5.74, 6) is 1.46. The molecule has 22 heavy (non-hydrogen) atoms. The van der Waals surface area contributed by atoms with Crippen molar-refractivity contribution in [3.05, 3.63) is 35.3 Å². The van der Waals surface area contributed by atoms with E-state index in [1.807, 2.05) is 12.3 Å². The molecule has 0 radical (unpaired) electrons. The molecular formula is C14H18N2O3S3. The third kappa shape index (κ3) is 4.45. The number of ether oxygens (including phenoxy) is 1. The normalized spacial score (nSPS) is 11.8. The molecule has 0 amide bonds. The number of rotatable bonds is 7. The number of nitrogens with zero attached hydrogens (tertiary/aromatic N) is 2. The SMILES string of the molecule is Cc1csc(SCCOc2ccc(S(=O)(=O)N(C)C)cc2)n1. The van der Waals surface area contributed by atoms with Crippen LogP contribution in [0, 0.1) is 6.92 Å². The Morgan fingerprint density at radius 1 is 1.27 bits per heavy atom. The van der Waals surface area contributed by atoms with Crippen LogP contribution in [0.5, 0.6) is 5.75 Å². The molecule has 1 aromatic heterocycles. The molecule has 0 aliphatic rings. The first-order chi connectivity index (χ1) is 10.4. The van der Waals surface area contributed by atoms with Gasteiger partial charge in [-0.1, -0.05) is 11.8 Å². The minimum Gasteiger partial charge on any atom is -0.493 e. The topological polar surface area (TPSA) is 59.5 Å². The van der Waals surface area contributed by atoms with E-state index in [0.717, 1.165) is 15.8 Å². The van der Waals surface area contributed by atoms with Crippen LogP contribution in [0.4, 0.5) is 0 Å². The molecule has 0 aliphatic heterocycles. The standard InChI is InChI=1S/C14H18N2O3S3/c1-11-10-21-14(15-11)20-9-8-19-12-4-6-13(7-5-12)22(17,18)16(2)3/h4-7,10H,8-9H2,1-3H3. The number of thioether (sulfide) groups is 1. The number of aryl methyl sites for hydroxylation is 1. The zero-order valence-electron chi connectivity index (χ0n) is 12.6. The van der Waals surface area contributed by atoms with Crippen LogP contribution in [0.1, 0.15) is 5.69 Å². The first-order valence-electron chi connectivity index (χ1n) is 6.60. The molecule has 0 aliphatic carbocycles. The van der Waals surface area contributed by atoms with E-state index < -0.39 is 10.0 Å². The summed E-state index contributed by atoms with van der Waals surface area (Å²) in [6, 6.07) is 6.47. The molecule has 0 spiro atoms. The quantitative estimate of drug-likeness (QED) is 0.563. The van der Waals surface area contributed by atoms with Crippen LogP contribution in [0.25, 0.3) is 0 Å². The molecular weight excluding hydrogens is 340 g/mol. The summed E-state index contributed by atoms with van der Waals surface area (Å²) in [6.45, 7) is 2.52. The van der Waals surface area contributed by atoms with E-state index in [1.165, 1.54) is 18.4 Å². The zero-order chi connectivity index (χ0) is 16.2. The Morgan fingerprint density at radius 2 is 1.95 bits per heavy atom. The zero-order valence-corrected chi connectivity index (χ0v) is 15.1. The Kier molecular flexibility index (Phi) is 5.85. The van der Waals surface area contributed by atoms with E-state index in [2.05, 4.69) is 4.98 Å². The molecule has 5 nitrogen and oxygen atoms in total. The average molecular weight is 359 g/mol. The Hall–Kier alpha value is -1.09. The molecule has 120 valence electrons. The molecule has 0 saturated heterocycles. The summed E-state index contributed by atoms with van der Waals surface area (Å²) >= 11 is 3.28. The molecule has 1 heterocycles. The summed E-state index contributed by atoms with van der Waals surface area (Å²) in [7, 11) is -0.363. The van der Waals surface area contributed by atoms with Crippen LogP contribution in [0.15, 0.2) is 38.9 Å². The second-order valence-corrected chi connectivity index (χ2v) is 9.06. The summed E-state index contributed by atoms with van der Waals surface area (Å²) in [5, 5.41) is 2.02. The highest BCUT2D eigenvalue weighted by molar-refractivity contribution is 8.01. The lowest BCUT2D eigenvalue weighted by Crippen LogP contribution is -2.22. The second-order valence-electron chi connectivity index (χ2n) is 4.71. The van der Waals surface area contributed by atoms with Crippen LogP contribution in [0.3, 0.4) is 0 Å². The Labute approximate surface area is 139 Å². The lowest BCUT2D eigenvalue weighted by molar-refractivity contribution is 0.343. The predicted octanol–water partition coefficient (Wildman–Crippen LogP) is 2.87. The summed E-state index contributed by atoms with van der Waals surface area (Å²) in [4.78, 5) is 4.63. The van der Waals surface area contributed by atoms with Gasteiger partial charge in [-0.3, -0.25) is 0 Å². The molecule has 0 saturated carbocycles. The predicted molar refractivity (Wildman–Crippen MR) is 90.4 cm³/mol. The average Bonchev–Trinajstić information content (AvgIpc) is 2.89. The van der Waals surface area contributed by atoms with Crippen LogP contribution >= 0.6 is 23.1 Å². The Morgan fingerprint density at radius 3 is 2.50 bits per heavy atom. The number of thiazole rings is 1. The van der Waals surface area contributed by atoms with Crippen molar-refractivity contribution < 1.29 is 13.2 Å². The molecule has 2 rings (SSSR count). The van der Waals surface area contributed by atoms with Gasteiger partial charge < -0.3 is 4.74 Å². The molecule has 8 heteroatoms. The third-order valence-corrected chi connectivity index (χ3v) is 6.71. The summed E-state index contributed by atoms with van der Waals surface area (Å²) in [5.41, 5.74) is 1.03. The highest BCUT2D eigenvalue weighted by Gasteiger charge is 2.16. The van der Waals surface area contributed by atoms with Crippen molar-refractivity contribution in [2.75, 3.05) is 26.5 Å². The Bertz CT molecular complexity index is 709. The third-order valence-electron chi connectivity index (χ3n) is 2.78. The summed E-state index contributed by atoms with van der Waals surface area (Å²) < 4.78 is 31.7. The monoisotopic (exact) mass is 358 g/mol. The van der Waals surface area contributed by atoms with Crippen molar-refractivity contribution in [3.63, 3.8) is 0 Å². The van der Waals surface area contributed by atoms with Gasteiger partial charge in [0.2, 0.25) is 10.0 Å². The van der Waals surface area contributed by atoms with Crippen molar-refractivity contribution in [2.24, 2.45) is 0 Å². The van der Waals surface area contributed by atoms with Gasteiger partial charge in [-0.2, -0.15) is 0 Å². The van der Waals surface area contributed by atoms with E-state index in [4.69, 9.17) is 4.74 Å². The van der Waals surface area contributed by atoms with E-state index in [1.54, 1.807) is 47.4 Å². The van der Waals surface area contributed by atoms with E-state index in [0.29, 0.717) is 12.4 Å². The number of sulfonamides is 1. The fourth-order valence-electron chi connectivity index (χ4n) is 1.61. The van der Waals surface area contributed by atoms with Crippen LogP contribution < -0.4 is 4.74 Å². The lowest BCUT2D eigenvalue weighted by Gasteiger charge is -2.12.